The SMILES string of the molecule is Cc1cc(C)c(S(=O)(=O)N2CCOC2CNC(=O)C(=O)NCc2ccccc2Cl)c(C)c1. The predicted octanol–water partition coefficient (Wildman–Crippen LogP) is 2.04. The van der Waals surface area contributed by atoms with Crippen LogP contribution in [-0.2, 0) is 30.9 Å². The number of carbonyl (C=O) groups excluding carboxylic acids is 2. The number of nitrogens with one attached hydrogen (secondary N) is 2. The van der Waals surface area contributed by atoms with Crippen molar-refractivity contribution in [3.63, 3.8) is 0 Å². The monoisotopic (exact) mass is 479 g/mol. The van der Waals surface area contributed by atoms with Gasteiger partial charge in [-0.05, 0) is 43.5 Å². The molecule has 1 atom stereocenters. The van der Waals surface area contributed by atoms with Crippen LogP contribution >= 0.6 is 11.6 Å². The molecule has 2 aromatic rings. The van der Waals surface area contributed by atoms with Crippen molar-refractivity contribution >= 4 is 33.4 Å². The van der Waals surface area contributed by atoms with E-state index in [1.807, 2.05) is 19.1 Å². The van der Waals surface area contributed by atoms with Crippen molar-refractivity contribution < 1.29 is 22.7 Å². The van der Waals surface area contributed by atoms with Gasteiger partial charge in [0.25, 0.3) is 0 Å². The Kier molecular flexibility index (Phi) is 7.55. The molecule has 1 heterocycles. The number of hydrogen-bond acceptors (Lipinski definition) is 5. The molecule has 172 valence electrons. The summed E-state index contributed by atoms with van der Waals surface area (Å²) in [5.74, 6) is -1.73. The van der Waals surface area contributed by atoms with Crippen LogP contribution < -0.4 is 10.6 Å². The maximum atomic E-state index is 13.3. The lowest BCUT2D eigenvalue weighted by Crippen LogP contribution is -2.47. The molecule has 0 bridgehead atoms. The van der Waals surface area contributed by atoms with Gasteiger partial charge in [-0.25, -0.2) is 8.42 Å². The molecule has 1 unspecified atom stereocenters. The molecule has 1 aliphatic heterocycles. The van der Waals surface area contributed by atoms with E-state index >= 15 is 0 Å². The zero-order valence-corrected chi connectivity index (χ0v) is 19.7. The van der Waals surface area contributed by atoms with Crippen LogP contribution in [0.2, 0.25) is 5.02 Å². The summed E-state index contributed by atoms with van der Waals surface area (Å²) in [7, 11) is -3.84. The second kappa shape index (κ2) is 9.99. The van der Waals surface area contributed by atoms with Crippen molar-refractivity contribution in [2.45, 2.75) is 38.4 Å². The lowest BCUT2D eigenvalue weighted by atomic mass is 10.1. The highest BCUT2D eigenvalue weighted by atomic mass is 35.5. The summed E-state index contributed by atoms with van der Waals surface area (Å²) >= 11 is 6.04. The summed E-state index contributed by atoms with van der Waals surface area (Å²) in [5, 5.41) is 5.43. The second-order valence-electron chi connectivity index (χ2n) is 7.65. The maximum Gasteiger partial charge on any atom is 0.309 e. The van der Waals surface area contributed by atoms with E-state index in [0.29, 0.717) is 21.7 Å². The first-order valence-corrected chi connectivity index (χ1v) is 11.9. The van der Waals surface area contributed by atoms with Crippen LogP contribution in [0.1, 0.15) is 22.3 Å². The van der Waals surface area contributed by atoms with E-state index in [0.717, 1.165) is 5.56 Å². The minimum absolute atomic E-state index is 0.0956. The van der Waals surface area contributed by atoms with Gasteiger partial charge in [-0.15, -0.1) is 0 Å². The highest BCUT2D eigenvalue weighted by Gasteiger charge is 2.38. The van der Waals surface area contributed by atoms with E-state index in [1.165, 1.54) is 4.31 Å². The van der Waals surface area contributed by atoms with Crippen molar-refractivity contribution in [2.24, 2.45) is 0 Å². The van der Waals surface area contributed by atoms with Gasteiger partial charge in [0, 0.05) is 18.1 Å². The lowest BCUT2D eigenvalue weighted by Gasteiger charge is -2.24. The average Bonchev–Trinajstić information content (AvgIpc) is 3.20. The number of nitrogens with zero attached hydrogens (tertiary/aromatic N) is 1. The third kappa shape index (κ3) is 5.29. The van der Waals surface area contributed by atoms with Crippen LogP contribution in [0.5, 0.6) is 0 Å². The van der Waals surface area contributed by atoms with Crippen molar-refractivity contribution in [3.05, 3.63) is 63.7 Å². The van der Waals surface area contributed by atoms with Gasteiger partial charge in [0.1, 0.15) is 6.23 Å². The highest BCUT2D eigenvalue weighted by molar-refractivity contribution is 7.89. The van der Waals surface area contributed by atoms with Crippen LogP contribution in [0.25, 0.3) is 0 Å². The van der Waals surface area contributed by atoms with E-state index in [4.69, 9.17) is 16.3 Å². The smallest absolute Gasteiger partial charge is 0.309 e. The van der Waals surface area contributed by atoms with Crippen LogP contribution in [0.15, 0.2) is 41.3 Å². The van der Waals surface area contributed by atoms with E-state index in [-0.39, 0.29) is 31.1 Å². The molecule has 0 spiro atoms. The molecule has 1 aliphatic rings. The van der Waals surface area contributed by atoms with Gasteiger partial charge in [0.05, 0.1) is 18.0 Å². The number of hydrogen-bond donors (Lipinski definition) is 2. The van der Waals surface area contributed by atoms with Gasteiger partial charge in [-0.2, -0.15) is 4.31 Å². The van der Waals surface area contributed by atoms with Gasteiger partial charge < -0.3 is 15.4 Å². The van der Waals surface area contributed by atoms with E-state index in [2.05, 4.69) is 10.6 Å². The maximum absolute atomic E-state index is 13.3. The molecular weight excluding hydrogens is 454 g/mol. The fourth-order valence-corrected chi connectivity index (χ4v) is 5.92. The summed E-state index contributed by atoms with van der Waals surface area (Å²) < 4.78 is 33.4. The third-order valence-electron chi connectivity index (χ3n) is 5.16. The molecule has 2 N–H and O–H groups in total. The molecule has 1 fully saturated rings. The molecule has 0 aliphatic carbocycles. The third-order valence-corrected chi connectivity index (χ3v) is 7.72. The normalized spacial score (nSPS) is 16.7. The van der Waals surface area contributed by atoms with Gasteiger partial charge in [0.15, 0.2) is 0 Å². The Morgan fingerprint density at radius 1 is 1.09 bits per heavy atom. The number of benzene rings is 2. The number of sulfonamides is 1. The van der Waals surface area contributed by atoms with Crippen LogP contribution in [-0.4, -0.2) is 50.5 Å². The quantitative estimate of drug-likeness (QED) is 0.617. The standard InChI is InChI=1S/C22H26ClN3O5S/c1-14-10-15(2)20(16(3)11-14)32(29,30)26-8-9-31-19(26)13-25-22(28)21(27)24-12-17-6-4-5-7-18(17)23/h4-7,10-11,19H,8-9,12-13H2,1-3H3,(H,24,27)(H,25,28). The Balaban J connectivity index is 1.63. The molecule has 2 aromatic carbocycles. The number of halogens is 1. The largest absolute Gasteiger partial charge is 0.359 e. The Labute approximate surface area is 192 Å². The van der Waals surface area contributed by atoms with Crippen LogP contribution in [0, 0.1) is 20.8 Å². The fourth-order valence-electron chi connectivity index (χ4n) is 3.79. The van der Waals surface area contributed by atoms with Gasteiger partial charge in [-0.3, -0.25) is 9.59 Å². The topological polar surface area (TPSA) is 105 Å². The first-order chi connectivity index (χ1) is 15.1. The number of carbonyl (C=O) groups is 2. The molecule has 0 saturated carbocycles. The summed E-state index contributed by atoms with van der Waals surface area (Å²) in [6, 6.07) is 10.6. The number of ether oxygens (including phenoxy) is 1. The Morgan fingerprint density at radius 2 is 1.72 bits per heavy atom. The van der Waals surface area contributed by atoms with Crippen molar-refractivity contribution in [2.75, 3.05) is 19.7 Å². The highest BCUT2D eigenvalue weighted by Crippen LogP contribution is 2.28. The molecule has 0 radical (unpaired) electrons. The fraction of sp³-hybridized carbons (Fsp3) is 0.364. The second-order valence-corrected chi connectivity index (χ2v) is 9.89. The van der Waals surface area contributed by atoms with E-state index in [1.54, 1.807) is 38.1 Å². The number of rotatable bonds is 6. The van der Waals surface area contributed by atoms with Crippen molar-refractivity contribution in [3.8, 4) is 0 Å². The summed E-state index contributed by atoms with van der Waals surface area (Å²) in [6.45, 7) is 5.72. The molecule has 2 amide bonds. The average molecular weight is 480 g/mol. The number of aryl methyl sites for hydroxylation is 3. The Morgan fingerprint density at radius 3 is 2.38 bits per heavy atom. The first-order valence-electron chi connectivity index (χ1n) is 10.1. The van der Waals surface area contributed by atoms with Crippen molar-refractivity contribution in [1.82, 2.24) is 14.9 Å². The van der Waals surface area contributed by atoms with Gasteiger partial charge in [-0.1, -0.05) is 47.5 Å². The molecular formula is C22H26ClN3O5S. The molecule has 0 aromatic heterocycles. The van der Waals surface area contributed by atoms with Crippen LogP contribution in [0.4, 0.5) is 0 Å². The van der Waals surface area contributed by atoms with E-state index in [9.17, 15) is 18.0 Å². The number of amides is 2. The Bertz CT molecular complexity index is 1110. The summed E-state index contributed by atoms with van der Waals surface area (Å²) in [5.41, 5.74) is 2.95. The minimum atomic E-state index is -3.84. The van der Waals surface area contributed by atoms with Gasteiger partial charge >= 0.3 is 11.8 Å². The lowest BCUT2D eigenvalue weighted by molar-refractivity contribution is -0.139. The molecule has 10 heteroatoms. The molecule has 32 heavy (non-hydrogen) atoms. The first kappa shape index (κ1) is 24.2. The van der Waals surface area contributed by atoms with Gasteiger partial charge in [0.2, 0.25) is 10.0 Å². The summed E-state index contributed by atoms with van der Waals surface area (Å²) in [4.78, 5) is 24.6. The Hall–Kier alpha value is -2.46. The van der Waals surface area contributed by atoms with Crippen molar-refractivity contribution in [1.29, 1.82) is 0 Å². The molecule has 8 nitrogen and oxygen atoms in total. The summed E-state index contributed by atoms with van der Waals surface area (Å²) in [6.07, 6.45) is -0.902. The molecule has 1 saturated heterocycles. The zero-order chi connectivity index (χ0) is 23.5. The predicted molar refractivity (Wildman–Crippen MR) is 121 cm³/mol. The molecule has 3 rings (SSSR count). The zero-order valence-electron chi connectivity index (χ0n) is 18.1. The van der Waals surface area contributed by atoms with Crippen LogP contribution in [0.3, 0.4) is 0 Å². The van der Waals surface area contributed by atoms with E-state index < -0.39 is 28.1 Å². The minimum Gasteiger partial charge on any atom is -0.359 e.